The van der Waals surface area contributed by atoms with Crippen LogP contribution in [0.1, 0.15) is 22.9 Å². The van der Waals surface area contributed by atoms with E-state index in [9.17, 15) is 0 Å². The Balaban J connectivity index is 1.56. The summed E-state index contributed by atoms with van der Waals surface area (Å²) in [5, 5.41) is 4.40. The van der Waals surface area contributed by atoms with E-state index in [4.69, 9.17) is 9.47 Å². The van der Waals surface area contributed by atoms with Gasteiger partial charge in [0.05, 0.1) is 37.8 Å². The summed E-state index contributed by atoms with van der Waals surface area (Å²) in [5.74, 6) is 0. The summed E-state index contributed by atoms with van der Waals surface area (Å²) >= 11 is 0. The highest BCUT2D eigenvalue weighted by molar-refractivity contribution is 5.25. The minimum atomic E-state index is 0.261. The zero-order chi connectivity index (χ0) is 16.1. The molecule has 0 N–H and O–H groups in total. The van der Waals surface area contributed by atoms with Gasteiger partial charge in [-0.1, -0.05) is 30.3 Å². The highest BCUT2D eigenvalue weighted by Gasteiger charge is 2.30. The molecule has 0 fully saturated rings. The largest absolute Gasteiger partial charge is 0.383 e. The molecule has 0 saturated carbocycles. The van der Waals surface area contributed by atoms with Crippen molar-refractivity contribution in [2.45, 2.75) is 19.1 Å². The van der Waals surface area contributed by atoms with Crippen LogP contribution in [0.25, 0.3) is 0 Å². The molecule has 1 aromatic carbocycles. The summed E-state index contributed by atoms with van der Waals surface area (Å²) < 4.78 is 13.3. The van der Waals surface area contributed by atoms with Crippen LogP contribution >= 0.6 is 0 Å². The minimum absolute atomic E-state index is 0.261. The van der Waals surface area contributed by atoms with E-state index in [0.717, 1.165) is 26.1 Å². The maximum Gasteiger partial charge on any atom is 0.0758 e. The average molecular weight is 315 g/mol. The molecule has 3 rings (SSSR count). The molecule has 1 aromatic heterocycles. The first-order valence-electron chi connectivity index (χ1n) is 8.15. The summed E-state index contributed by atoms with van der Waals surface area (Å²) in [7, 11) is 3.77. The number of aryl methyl sites for hydroxylation is 1. The van der Waals surface area contributed by atoms with E-state index in [-0.39, 0.29) is 6.04 Å². The lowest BCUT2D eigenvalue weighted by Crippen LogP contribution is -2.40. The number of hydrogen-bond donors (Lipinski definition) is 0. The zero-order valence-electron chi connectivity index (χ0n) is 13.9. The van der Waals surface area contributed by atoms with Crippen molar-refractivity contribution in [3.63, 3.8) is 0 Å². The second-order valence-electron chi connectivity index (χ2n) is 5.97. The summed E-state index contributed by atoms with van der Waals surface area (Å²) in [6.45, 7) is 4.01. The van der Waals surface area contributed by atoms with Crippen LogP contribution in [-0.2, 0) is 29.5 Å². The van der Waals surface area contributed by atoms with Gasteiger partial charge in [-0.15, -0.1) is 0 Å². The van der Waals surface area contributed by atoms with Crippen molar-refractivity contribution in [1.29, 1.82) is 0 Å². The average Bonchev–Trinajstić information content (AvgIpc) is 2.96. The lowest BCUT2D eigenvalue weighted by molar-refractivity contribution is 0.0415. The van der Waals surface area contributed by atoms with Crippen LogP contribution in [0.3, 0.4) is 0 Å². The standard InChI is InChI=1S/C18H25N3O2/c1-20-18-16(12-19-20)8-9-21(17(18)14-22-2)10-11-23-13-15-6-4-3-5-7-15/h3-7,12,17H,8-11,13-14H2,1-2H3. The van der Waals surface area contributed by atoms with Crippen LogP contribution in [-0.4, -0.2) is 48.1 Å². The quantitative estimate of drug-likeness (QED) is 0.734. The number of fused-ring (bicyclic) bond motifs is 1. The molecule has 0 bridgehead atoms. The molecule has 0 amide bonds. The topological polar surface area (TPSA) is 39.5 Å². The first-order valence-corrected chi connectivity index (χ1v) is 8.15. The van der Waals surface area contributed by atoms with Gasteiger partial charge in [-0.2, -0.15) is 5.10 Å². The number of methoxy groups -OCH3 is 1. The van der Waals surface area contributed by atoms with Crippen molar-refractivity contribution in [2.75, 3.05) is 33.4 Å². The Bertz CT molecular complexity index is 612. The number of hydrogen-bond acceptors (Lipinski definition) is 4. The van der Waals surface area contributed by atoms with E-state index < -0.39 is 0 Å². The number of aromatic nitrogens is 2. The van der Waals surface area contributed by atoms with Gasteiger partial charge in [0.15, 0.2) is 0 Å². The molecule has 23 heavy (non-hydrogen) atoms. The van der Waals surface area contributed by atoms with Crippen molar-refractivity contribution in [2.24, 2.45) is 7.05 Å². The normalized spacial score (nSPS) is 18.1. The first kappa shape index (κ1) is 16.2. The van der Waals surface area contributed by atoms with Crippen molar-refractivity contribution in [3.8, 4) is 0 Å². The third kappa shape index (κ3) is 3.80. The minimum Gasteiger partial charge on any atom is -0.383 e. The SMILES string of the molecule is COCC1c2c(cnn2C)CCN1CCOCc1ccccc1. The van der Waals surface area contributed by atoms with Crippen LogP contribution in [0.4, 0.5) is 0 Å². The van der Waals surface area contributed by atoms with Gasteiger partial charge in [-0.05, 0) is 17.5 Å². The van der Waals surface area contributed by atoms with E-state index in [1.54, 1.807) is 7.11 Å². The molecule has 5 nitrogen and oxygen atoms in total. The second-order valence-corrected chi connectivity index (χ2v) is 5.97. The highest BCUT2D eigenvalue weighted by Crippen LogP contribution is 2.29. The zero-order valence-corrected chi connectivity index (χ0v) is 13.9. The first-order chi connectivity index (χ1) is 11.3. The highest BCUT2D eigenvalue weighted by atomic mass is 16.5. The number of nitrogens with zero attached hydrogens (tertiary/aromatic N) is 3. The van der Waals surface area contributed by atoms with E-state index in [2.05, 4.69) is 22.1 Å². The maximum absolute atomic E-state index is 5.84. The molecule has 124 valence electrons. The van der Waals surface area contributed by atoms with Crippen molar-refractivity contribution in [3.05, 3.63) is 53.3 Å². The van der Waals surface area contributed by atoms with Crippen LogP contribution in [0.15, 0.2) is 36.5 Å². The molecule has 1 aliphatic rings. The summed E-state index contributed by atoms with van der Waals surface area (Å²) in [6, 6.07) is 10.6. The smallest absolute Gasteiger partial charge is 0.0758 e. The molecule has 2 heterocycles. The monoisotopic (exact) mass is 315 g/mol. The van der Waals surface area contributed by atoms with E-state index >= 15 is 0 Å². The Morgan fingerprint density at radius 3 is 2.87 bits per heavy atom. The molecule has 0 spiro atoms. The van der Waals surface area contributed by atoms with Gasteiger partial charge in [-0.25, -0.2) is 0 Å². The summed E-state index contributed by atoms with van der Waals surface area (Å²) in [4.78, 5) is 2.44. The van der Waals surface area contributed by atoms with Gasteiger partial charge < -0.3 is 9.47 Å². The lowest BCUT2D eigenvalue weighted by Gasteiger charge is -2.35. The summed E-state index contributed by atoms with van der Waals surface area (Å²) in [6.07, 6.45) is 3.03. The number of benzene rings is 1. The fourth-order valence-electron chi connectivity index (χ4n) is 3.26. The van der Waals surface area contributed by atoms with Gasteiger partial charge in [0.2, 0.25) is 0 Å². The molecule has 1 atom stereocenters. The molecule has 1 unspecified atom stereocenters. The maximum atomic E-state index is 5.84. The molecule has 0 saturated heterocycles. The van der Waals surface area contributed by atoms with Crippen molar-refractivity contribution < 1.29 is 9.47 Å². The Kier molecular flexibility index (Phi) is 5.43. The van der Waals surface area contributed by atoms with Crippen LogP contribution in [0.5, 0.6) is 0 Å². The Labute approximate surface area is 137 Å². The number of rotatable bonds is 7. The molecule has 0 radical (unpaired) electrons. The third-order valence-corrected chi connectivity index (χ3v) is 4.45. The number of ether oxygens (including phenoxy) is 2. The van der Waals surface area contributed by atoms with Gasteiger partial charge in [0, 0.05) is 27.2 Å². The summed E-state index contributed by atoms with van der Waals surface area (Å²) in [5.41, 5.74) is 3.84. The van der Waals surface area contributed by atoms with Gasteiger partial charge in [0.25, 0.3) is 0 Å². The predicted octanol–water partition coefficient (Wildman–Crippen LogP) is 2.18. The van der Waals surface area contributed by atoms with Crippen molar-refractivity contribution in [1.82, 2.24) is 14.7 Å². The Morgan fingerprint density at radius 1 is 1.26 bits per heavy atom. The van der Waals surface area contributed by atoms with Crippen molar-refractivity contribution >= 4 is 0 Å². The molecular weight excluding hydrogens is 290 g/mol. The van der Waals surface area contributed by atoms with E-state index in [0.29, 0.717) is 13.2 Å². The van der Waals surface area contributed by atoms with Gasteiger partial charge in [0.1, 0.15) is 0 Å². The molecular formula is C18H25N3O2. The fraction of sp³-hybridized carbons (Fsp3) is 0.500. The Morgan fingerprint density at radius 2 is 2.09 bits per heavy atom. The lowest BCUT2D eigenvalue weighted by atomic mass is 10.0. The fourth-order valence-corrected chi connectivity index (χ4v) is 3.26. The third-order valence-electron chi connectivity index (χ3n) is 4.45. The predicted molar refractivity (Wildman–Crippen MR) is 89.2 cm³/mol. The molecule has 1 aliphatic heterocycles. The molecule has 0 aliphatic carbocycles. The second kappa shape index (κ2) is 7.73. The van der Waals surface area contributed by atoms with Crippen LogP contribution in [0, 0.1) is 0 Å². The van der Waals surface area contributed by atoms with Gasteiger partial charge in [-0.3, -0.25) is 9.58 Å². The van der Waals surface area contributed by atoms with Crippen LogP contribution in [0.2, 0.25) is 0 Å². The Hall–Kier alpha value is -1.69. The van der Waals surface area contributed by atoms with Crippen LogP contribution < -0.4 is 0 Å². The van der Waals surface area contributed by atoms with E-state index in [1.807, 2.05) is 36.1 Å². The van der Waals surface area contributed by atoms with E-state index in [1.165, 1.54) is 16.8 Å². The van der Waals surface area contributed by atoms with Gasteiger partial charge >= 0.3 is 0 Å². The molecule has 2 aromatic rings. The molecule has 5 heteroatoms.